The first-order valence-corrected chi connectivity index (χ1v) is 10.7. The average molecular weight is 508 g/mol. The fourth-order valence-electron chi connectivity index (χ4n) is 2.22. The van der Waals surface area contributed by atoms with Crippen molar-refractivity contribution < 1.29 is 13.2 Å². The van der Waals surface area contributed by atoms with Crippen LogP contribution in [0.15, 0.2) is 96.1 Å². The highest BCUT2D eigenvalue weighted by molar-refractivity contribution is 9.13. The molecule has 0 fully saturated rings. The predicted octanol–water partition coefficient (Wildman–Crippen LogP) is 4.40. The van der Waals surface area contributed by atoms with Gasteiger partial charge in [0.1, 0.15) is 0 Å². The van der Waals surface area contributed by atoms with Crippen molar-refractivity contribution in [2.75, 3.05) is 0 Å². The second-order valence-corrected chi connectivity index (χ2v) is 8.73. The minimum atomic E-state index is -3.95. The number of rotatable bonds is 3. The summed E-state index contributed by atoms with van der Waals surface area (Å²) in [5.41, 5.74) is 0.926. The van der Waals surface area contributed by atoms with E-state index in [1.165, 1.54) is 24.3 Å². The summed E-state index contributed by atoms with van der Waals surface area (Å²) in [6.45, 7) is 0. The van der Waals surface area contributed by atoms with Crippen LogP contribution in [-0.2, 0) is 14.8 Å². The Bertz CT molecular complexity index is 1080. The van der Waals surface area contributed by atoms with Gasteiger partial charge in [0.15, 0.2) is 5.84 Å². The summed E-state index contributed by atoms with van der Waals surface area (Å²) in [4.78, 5) is 16.3. The van der Waals surface area contributed by atoms with Crippen molar-refractivity contribution in [3.8, 4) is 0 Å². The van der Waals surface area contributed by atoms with Gasteiger partial charge in [0.2, 0.25) is 5.78 Å². The lowest BCUT2D eigenvalue weighted by molar-refractivity contribution is -0.110. The monoisotopic (exact) mass is 506 g/mol. The Labute approximate surface area is 173 Å². The fourth-order valence-corrected chi connectivity index (χ4v) is 4.36. The second-order valence-electron chi connectivity index (χ2n) is 5.42. The van der Waals surface area contributed by atoms with Gasteiger partial charge in [-0.2, -0.15) is 8.42 Å². The standard InChI is InChI=1S/C19H12Br2N2O3S/c20-16-11-14(12-17(21)18(16)24)22-19(13-7-3-1-4-8-13)23-27(25,26)15-9-5-2-6-10-15/h1-12H. The van der Waals surface area contributed by atoms with Crippen molar-refractivity contribution in [3.05, 3.63) is 87.3 Å². The zero-order chi connectivity index (χ0) is 19.4. The predicted molar refractivity (Wildman–Crippen MR) is 113 cm³/mol. The third kappa shape index (κ3) is 4.77. The number of sulfonamides is 1. The van der Waals surface area contributed by atoms with Crippen LogP contribution in [0.1, 0.15) is 5.56 Å². The SMILES string of the molecule is O=C1C(Br)=CC(=NC(=NS(=O)(=O)c2ccccc2)c2ccccc2)C=C1Br. The maximum atomic E-state index is 12.7. The van der Waals surface area contributed by atoms with E-state index in [-0.39, 0.29) is 16.5 Å². The number of allylic oxidation sites excluding steroid dienone is 4. The van der Waals surface area contributed by atoms with Gasteiger partial charge >= 0.3 is 0 Å². The molecule has 0 amide bonds. The number of carbonyl (C=O) groups is 1. The molecule has 2 aromatic carbocycles. The molecule has 5 nitrogen and oxygen atoms in total. The quantitative estimate of drug-likeness (QED) is 0.351. The average Bonchev–Trinajstić information content (AvgIpc) is 2.67. The lowest BCUT2D eigenvalue weighted by Crippen LogP contribution is -2.11. The molecule has 0 N–H and O–H groups in total. The highest BCUT2D eigenvalue weighted by Gasteiger charge is 2.19. The first-order valence-electron chi connectivity index (χ1n) is 7.70. The molecule has 0 heterocycles. The zero-order valence-electron chi connectivity index (χ0n) is 13.7. The van der Waals surface area contributed by atoms with E-state index < -0.39 is 10.0 Å². The van der Waals surface area contributed by atoms with E-state index in [2.05, 4.69) is 41.3 Å². The van der Waals surface area contributed by atoms with E-state index in [1.807, 2.05) is 6.07 Å². The number of carbonyl (C=O) groups excluding carboxylic acids is 1. The fraction of sp³-hybridized carbons (Fsp3) is 0. The van der Waals surface area contributed by atoms with Crippen molar-refractivity contribution in [1.82, 2.24) is 0 Å². The molecule has 2 aromatic rings. The highest BCUT2D eigenvalue weighted by atomic mass is 79.9. The van der Waals surface area contributed by atoms with Gasteiger partial charge in [0, 0.05) is 5.56 Å². The summed E-state index contributed by atoms with van der Waals surface area (Å²) in [5, 5.41) is 0. The lowest BCUT2D eigenvalue weighted by atomic mass is 10.1. The molecule has 136 valence electrons. The van der Waals surface area contributed by atoms with Gasteiger partial charge < -0.3 is 0 Å². The van der Waals surface area contributed by atoms with Gasteiger partial charge in [0.05, 0.1) is 19.6 Å². The summed E-state index contributed by atoms with van der Waals surface area (Å²) in [7, 11) is -3.95. The van der Waals surface area contributed by atoms with Crippen LogP contribution >= 0.6 is 31.9 Å². The van der Waals surface area contributed by atoms with E-state index in [0.717, 1.165) is 0 Å². The molecule has 8 heteroatoms. The molecule has 27 heavy (non-hydrogen) atoms. The Morgan fingerprint density at radius 1 is 0.815 bits per heavy atom. The number of Topliss-reactive ketones (excluding diaryl/α,β-unsaturated/α-hetero) is 1. The van der Waals surface area contributed by atoms with Crippen LogP contribution in [0, 0.1) is 0 Å². The van der Waals surface area contributed by atoms with Crippen molar-refractivity contribution in [2.45, 2.75) is 4.90 Å². The Hall–Kier alpha value is -2.16. The minimum Gasteiger partial charge on any atom is -0.287 e. The number of ketones is 1. The molecule has 0 atom stereocenters. The normalized spacial score (nSPS) is 15.3. The summed E-state index contributed by atoms with van der Waals surface area (Å²) in [5.74, 6) is -0.194. The van der Waals surface area contributed by atoms with Crippen LogP contribution in [0.5, 0.6) is 0 Å². The first-order chi connectivity index (χ1) is 12.9. The van der Waals surface area contributed by atoms with E-state index in [0.29, 0.717) is 20.2 Å². The van der Waals surface area contributed by atoms with E-state index in [1.54, 1.807) is 42.5 Å². The molecular formula is C19H12Br2N2O3S. The minimum absolute atomic E-state index is 0.0249. The Morgan fingerprint density at radius 3 is 1.89 bits per heavy atom. The number of amidine groups is 1. The maximum Gasteiger partial charge on any atom is 0.284 e. The number of halogens is 2. The topological polar surface area (TPSA) is 75.9 Å². The summed E-state index contributed by atoms with van der Waals surface area (Å²) in [6, 6.07) is 16.7. The smallest absolute Gasteiger partial charge is 0.284 e. The van der Waals surface area contributed by atoms with Crippen molar-refractivity contribution >= 4 is 59.2 Å². The third-order valence-electron chi connectivity index (χ3n) is 3.50. The van der Waals surface area contributed by atoms with Gasteiger partial charge in [-0.05, 0) is 56.1 Å². The molecule has 3 rings (SSSR count). The molecule has 0 spiro atoms. The van der Waals surface area contributed by atoms with Crippen molar-refractivity contribution in [1.29, 1.82) is 0 Å². The summed E-state index contributed by atoms with van der Waals surface area (Å²) >= 11 is 6.36. The third-order valence-corrected chi connectivity index (χ3v) is 5.96. The van der Waals surface area contributed by atoms with E-state index in [9.17, 15) is 13.2 Å². The number of benzene rings is 2. The number of aliphatic imine (C=N–C) groups is 1. The largest absolute Gasteiger partial charge is 0.287 e. The molecule has 0 saturated carbocycles. The lowest BCUT2D eigenvalue weighted by Gasteiger charge is -2.08. The Morgan fingerprint density at radius 2 is 1.33 bits per heavy atom. The van der Waals surface area contributed by atoms with E-state index in [4.69, 9.17) is 0 Å². The highest BCUT2D eigenvalue weighted by Crippen LogP contribution is 2.23. The zero-order valence-corrected chi connectivity index (χ0v) is 17.7. The Balaban J connectivity index is 2.14. The Kier molecular flexibility index (Phi) is 5.98. The maximum absolute atomic E-state index is 12.7. The molecule has 1 aliphatic carbocycles. The number of nitrogens with zero attached hydrogens (tertiary/aromatic N) is 2. The molecular weight excluding hydrogens is 496 g/mol. The number of hydrogen-bond acceptors (Lipinski definition) is 3. The van der Waals surface area contributed by atoms with Gasteiger partial charge in [-0.25, -0.2) is 4.99 Å². The molecule has 0 aliphatic heterocycles. The van der Waals surface area contributed by atoms with Crippen LogP contribution < -0.4 is 0 Å². The second kappa shape index (κ2) is 8.24. The van der Waals surface area contributed by atoms with Crippen LogP contribution in [0.2, 0.25) is 0 Å². The molecule has 0 saturated heterocycles. The van der Waals surface area contributed by atoms with Crippen LogP contribution in [0.3, 0.4) is 0 Å². The van der Waals surface area contributed by atoms with Crippen LogP contribution in [-0.4, -0.2) is 25.7 Å². The molecule has 0 aromatic heterocycles. The van der Waals surface area contributed by atoms with Crippen molar-refractivity contribution in [3.63, 3.8) is 0 Å². The molecule has 1 aliphatic rings. The number of hydrogen-bond donors (Lipinski definition) is 0. The summed E-state index contributed by atoms with van der Waals surface area (Å²) in [6.07, 6.45) is 3.03. The van der Waals surface area contributed by atoms with Crippen LogP contribution in [0.25, 0.3) is 0 Å². The van der Waals surface area contributed by atoms with Gasteiger partial charge in [-0.1, -0.05) is 48.5 Å². The van der Waals surface area contributed by atoms with Gasteiger partial charge in [-0.3, -0.25) is 4.79 Å². The van der Waals surface area contributed by atoms with Crippen LogP contribution in [0.4, 0.5) is 0 Å². The first kappa shape index (κ1) is 19.6. The molecule has 0 radical (unpaired) electrons. The summed E-state index contributed by atoms with van der Waals surface area (Å²) < 4.78 is 29.9. The van der Waals surface area contributed by atoms with Gasteiger partial charge in [0.25, 0.3) is 10.0 Å². The van der Waals surface area contributed by atoms with E-state index >= 15 is 0 Å². The molecule has 0 bridgehead atoms. The van der Waals surface area contributed by atoms with Crippen molar-refractivity contribution in [2.24, 2.45) is 9.39 Å². The molecule has 0 unspecified atom stereocenters. The van der Waals surface area contributed by atoms with Gasteiger partial charge in [-0.15, -0.1) is 4.40 Å².